The number of likely N-dealkylation sites (tertiary alicyclic amines) is 1. The molecule has 0 aromatic carbocycles. The number of hydrogen-bond acceptors (Lipinski definition) is 5. The number of nitrogen functional groups attached to an aromatic ring is 1. The second kappa shape index (κ2) is 5.23. The van der Waals surface area contributed by atoms with Crippen LogP contribution in [0.2, 0.25) is 0 Å². The molecule has 2 aromatic rings. The molecule has 0 spiro atoms. The Morgan fingerprint density at radius 3 is 2.67 bits per heavy atom. The Kier molecular flexibility index (Phi) is 3.40. The van der Waals surface area contributed by atoms with Crippen molar-refractivity contribution < 1.29 is 9.32 Å². The highest BCUT2D eigenvalue weighted by atomic mass is 16.5. The third-order valence-corrected chi connectivity index (χ3v) is 4.21. The monoisotopic (exact) mass is 289 g/mol. The molecule has 0 radical (unpaired) electrons. The standard InChI is InChI=1S/C14H19N5O2/c1-9-12(17-21-13(9)15)10-4-7-19(8-5-10)14(20)11-3-6-16-18(11)2/h3,6,10H,4-5,7-8,15H2,1-2H3. The molecule has 0 unspecified atom stereocenters. The number of piperidine rings is 1. The van der Waals surface area contributed by atoms with Gasteiger partial charge in [-0.15, -0.1) is 0 Å². The van der Waals surface area contributed by atoms with Crippen LogP contribution in [0, 0.1) is 6.92 Å². The quantitative estimate of drug-likeness (QED) is 0.900. The van der Waals surface area contributed by atoms with Crippen LogP contribution >= 0.6 is 0 Å². The largest absolute Gasteiger partial charge is 0.367 e. The first kappa shape index (κ1) is 13.7. The summed E-state index contributed by atoms with van der Waals surface area (Å²) in [5.74, 6) is 0.727. The molecule has 21 heavy (non-hydrogen) atoms. The average Bonchev–Trinajstić information content (AvgIpc) is 3.06. The number of anilines is 1. The van der Waals surface area contributed by atoms with Crippen LogP contribution in [0.5, 0.6) is 0 Å². The van der Waals surface area contributed by atoms with Crippen molar-refractivity contribution in [2.45, 2.75) is 25.7 Å². The Morgan fingerprint density at radius 2 is 2.14 bits per heavy atom. The summed E-state index contributed by atoms with van der Waals surface area (Å²) in [7, 11) is 1.78. The summed E-state index contributed by atoms with van der Waals surface area (Å²) < 4.78 is 6.64. The first-order chi connectivity index (χ1) is 10.1. The summed E-state index contributed by atoms with van der Waals surface area (Å²) in [6.45, 7) is 3.34. The third-order valence-electron chi connectivity index (χ3n) is 4.21. The van der Waals surface area contributed by atoms with E-state index in [1.807, 2.05) is 11.8 Å². The number of carbonyl (C=O) groups is 1. The van der Waals surface area contributed by atoms with Crippen LogP contribution in [0.3, 0.4) is 0 Å². The number of amides is 1. The zero-order valence-corrected chi connectivity index (χ0v) is 12.2. The van der Waals surface area contributed by atoms with E-state index in [0.29, 0.717) is 30.6 Å². The fourth-order valence-corrected chi connectivity index (χ4v) is 2.84. The molecular weight excluding hydrogens is 270 g/mol. The third kappa shape index (κ3) is 2.39. The molecule has 1 amide bonds. The van der Waals surface area contributed by atoms with E-state index in [1.165, 1.54) is 0 Å². The summed E-state index contributed by atoms with van der Waals surface area (Å²) in [4.78, 5) is 14.3. The lowest BCUT2D eigenvalue weighted by molar-refractivity contribution is 0.0700. The summed E-state index contributed by atoms with van der Waals surface area (Å²) in [6, 6.07) is 1.75. The van der Waals surface area contributed by atoms with Gasteiger partial charge in [-0.25, -0.2) is 0 Å². The molecule has 0 bridgehead atoms. The first-order valence-corrected chi connectivity index (χ1v) is 7.07. The number of nitrogens with zero attached hydrogens (tertiary/aromatic N) is 4. The van der Waals surface area contributed by atoms with Gasteiger partial charge in [0.05, 0.1) is 5.69 Å². The van der Waals surface area contributed by atoms with Gasteiger partial charge < -0.3 is 15.2 Å². The van der Waals surface area contributed by atoms with Crippen LogP contribution in [0.15, 0.2) is 16.8 Å². The number of aryl methyl sites for hydroxylation is 1. The zero-order chi connectivity index (χ0) is 15.0. The molecule has 1 aliphatic rings. The Labute approximate surface area is 122 Å². The lowest BCUT2D eigenvalue weighted by atomic mass is 9.91. The van der Waals surface area contributed by atoms with Gasteiger partial charge in [0.1, 0.15) is 5.69 Å². The fourth-order valence-electron chi connectivity index (χ4n) is 2.84. The Morgan fingerprint density at radius 1 is 1.43 bits per heavy atom. The molecule has 0 aliphatic carbocycles. The van der Waals surface area contributed by atoms with Crippen LogP contribution in [0.4, 0.5) is 5.88 Å². The van der Waals surface area contributed by atoms with Crippen LogP contribution in [-0.4, -0.2) is 38.8 Å². The molecule has 1 fully saturated rings. The predicted octanol–water partition coefficient (Wildman–Crippen LogP) is 1.32. The fraction of sp³-hybridized carbons (Fsp3) is 0.500. The lowest BCUT2D eigenvalue weighted by Gasteiger charge is -2.31. The second-order valence-corrected chi connectivity index (χ2v) is 5.46. The first-order valence-electron chi connectivity index (χ1n) is 7.07. The second-order valence-electron chi connectivity index (χ2n) is 5.46. The maximum absolute atomic E-state index is 12.4. The van der Waals surface area contributed by atoms with Gasteiger partial charge in [0.15, 0.2) is 0 Å². The summed E-state index contributed by atoms with van der Waals surface area (Å²) in [5, 5.41) is 8.10. The Balaban J connectivity index is 1.67. The van der Waals surface area contributed by atoms with E-state index in [2.05, 4.69) is 10.3 Å². The van der Waals surface area contributed by atoms with Crippen LogP contribution in [-0.2, 0) is 7.05 Å². The van der Waals surface area contributed by atoms with E-state index < -0.39 is 0 Å². The van der Waals surface area contributed by atoms with E-state index in [9.17, 15) is 4.79 Å². The average molecular weight is 289 g/mol. The molecule has 112 valence electrons. The van der Waals surface area contributed by atoms with Crippen molar-refractivity contribution in [3.05, 3.63) is 29.2 Å². The number of carbonyl (C=O) groups excluding carboxylic acids is 1. The number of nitrogens with two attached hydrogens (primary N) is 1. The summed E-state index contributed by atoms with van der Waals surface area (Å²) in [6.07, 6.45) is 3.38. The van der Waals surface area contributed by atoms with Crippen LogP contribution in [0.1, 0.15) is 40.5 Å². The van der Waals surface area contributed by atoms with Gasteiger partial charge in [-0.05, 0) is 25.8 Å². The zero-order valence-electron chi connectivity index (χ0n) is 12.2. The molecule has 2 N–H and O–H groups in total. The highest BCUT2D eigenvalue weighted by Crippen LogP contribution is 2.31. The van der Waals surface area contributed by atoms with E-state index in [-0.39, 0.29) is 5.91 Å². The molecule has 0 saturated carbocycles. The van der Waals surface area contributed by atoms with Crippen molar-refractivity contribution in [2.75, 3.05) is 18.8 Å². The van der Waals surface area contributed by atoms with Gasteiger partial charge in [-0.1, -0.05) is 5.16 Å². The maximum atomic E-state index is 12.4. The predicted molar refractivity (Wildman–Crippen MR) is 76.7 cm³/mol. The highest BCUT2D eigenvalue weighted by Gasteiger charge is 2.28. The number of hydrogen-bond donors (Lipinski definition) is 1. The number of aromatic nitrogens is 3. The summed E-state index contributed by atoms with van der Waals surface area (Å²) in [5.41, 5.74) is 8.17. The van der Waals surface area contributed by atoms with Crippen molar-refractivity contribution in [1.82, 2.24) is 19.8 Å². The van der Waals surface area contributed by atoms with Gasteiger partial charge >= 0.3 is 0 Å². The molecule has 3 heterocycles. The van der Waals surface area contributed by atoms with E-state index in [0.717, 1.165) is 24.1 Å². The van der Waals surface area contributed by atoms with Gasteiger partial charge in [0.2, 0.25) is 5.88 Å². The van der Waals surface area contributed by atoms with Crippen LogP contribution in [0.25, 0.3) is 0 Å². The number of rotatable bonds is 2. The molecule has 7 heteroatoms. The molecular formula is C14H19N5O2. The van der Waals surface area contributed by atoms with Gasteiger partial charge in [-0.3, -0.25) is 9.48 Å². The normalized spacial score (nSPS) is 16.4. The molecule has 0 atom stereocenters. The van der Waals surface area contributed by atoms with Crippen molar-refractivity contribution >= 4 is 11.8 Å². The van der Waals surface area contributed by atoms with Crippen LogP contribution < -0.4 is 5.73 Å². The maximum Gasteiger partial charge on any atom is 0.272 e. The van der Waals surface area contributed by atoms with Crippen molar-refractivity contribution in [3.63, 3.8) is 0 Å². The SMILES string of the molecule is Cc1c(C2CCN(C(=O)c3ccnn3C)CC2)noc1N. The smallest absolute Gasteiger partial charge is 0.272 e. The van der Waals surface area contributed by atoms with Gasteiger partial charge in [-0.2, -0.15) is 5.10 Å². The Bertz CT molecular complexity index is 652. The topological polar surface area (TPSA) is 90.2 Å². The minimum Gasteiger partial charge on any atom is -0.367 e. The molecule has 7 nitrogen and oxygen atoms in total. The van der Waals surface area contributed by atoms with Crippen molar-refractivity contribution in [3.8, 4) is 0 Å². The van der Waals surface area contributed by atoms with E-state index in [4.69, 9.17) is 10.3 Å². The minimum absolute atomic E-state index is 0.0323. The van der Waals surface area contributed by atoms with Crippen molar-refractivity contribution in [2.24, 2.45) is 7.05 Å². The van der Waals surface area contributed by atoms with Crippen molar-refractivity contribution in [1.29, 1.82) is 0 Å². The molecule has 1 aliphatic heterocycles. The van der Waals surface area contributed by atoms with E-state index >= 15 is 0 Å². The van der Waals surface area contributed by atoms with Gasteiger partial charge in [0, 0.05) is 37.8 Å². The Hall–Kier alpha value is -2.31. The molecule has 3 rings (SSSR count). The molecule has 2 aromatic heterocycles. The lowest BCUT2D eigenvalue weighted by Crippen LogP contribution is -2.38. The minimum atomic E-state index is 0.0323. The molecule has 1 saturated heterocycles. The summed E-state index contributed by atoms with van der Waals surface area (Å²) >= 11 is 0. The highest BCUT2D eigenvalue weighted by molar-refractivity contribution is 5.92. The van der Waals surface area contributed by atoms with Gasteiger partial charge in [0.25, 0.3) is 5.91 Å². The van der Waals surface area contributed by atoms with E-state index in [1.54, 1.807) is 24.0 Å².